The van der Waals surface area contributed by atoms with Gasteiger partial charge in [-0.2, -0.15) is 5.10 Å². The second-order valence-corrected chi connectivity index (χ2v) is 6.85. The summed E-state index contributed by atoms with van der Waals surface area (Å²) in [5.41, 5.74) is 0.837. The van der Waals surface area contributed by atoms with E-state index in [-0.39, 0.29) is 12.1 Å². The average molecular weight is 387 g/mol. The van der Waals surface area contributed by atoms with E-state index in [1.54, 1.807) is 24.3 Å². The second-order valence-electron chi connectivity index (χ2n) is 6.85. The van der Waals surface area contributed by atoms with Gasteiger partial charge in [-0.1, -0.05) is 12.8 Å². The molecule has 0 radical (unpaired) electrons. The normalized spacial score (nSPS) is 15.2. The fourth-order valence-electron chi connectivity index (χ4n) is 3.58. The number of rotatable bonds is 8. The van der Waals surface area contributed by atoms with Gasteiger partial charge in [0.05, 0.1) is 32.7 Å². The number of carboxylic acid groups (broad SMARTS) is 1. The zero-order chi connectivity index (χ0) is 20.1. The largest absolute Gasteiger partial charge is 0.497 e. The number of carbonyl (C=O) groups excluding carboxylic acids is 1. The highest BCUT2D eigenvalue weighted by atomic mass is 16.5. The number of hydrogen-bond donors (Lipinski definition) is 2. The van der Waals surface area contributed by atoms with Crippen LogP contribution in [0, 0.1) is 0 Å². The third-order valence-corrected chi connectivity index (χ3v) is 5.04. The Kier molecular flexibility index (Phi) is 6.18. The summed E-state index contributed by atoms with van der Waals surface area (Å²) in [5.74, 6) is -0.417. The van der Waals surface area contributed by atoms with Crippen LogP contribution >= 0.6 is 0 Å². The van der Waals surface area contributed by atoms with Gasteiger partial charge in [0.1, 0.15) is 17.2 Å². The molecule has 1 aromatic heterocycles. The van der Waals surface area contributed by atoms with Crippen molar-refractivity contribution in [3.05, 3.63) is 41.7 Å². The molecule has 3 rings (SSSR count). The molecule has 2 aromatic rings. The molecule has 1 fully saturated rings. The number of nitrogens with zero attached hydrogens (tertiary/aromatic N) is 2. The van der Waals surface area contributed by atoms with E-state index in [2.05, 4.69) is 10.4 Å². The Labute approximate surface area is 163 Å². The number of benzene rings is 1. The van der Waals surface area contributed by atoms with Gasteiger partial charge in [-0.15, -0.1) is 0 Å². The van der Waals surface area contributed by atoms with Gasteiger partial charge in [0.2, 0.25) is 0 Å². The first kappa shape index (κ1) is 19.7. The first-order chi connectivity index (χ1) is 13.5. The summed E-state index contributed by atoms with van der Waals surface area (Å²) in [4.78, 5) is 24.1. The third-order valence-electron chi connectivity index (χ3n) is 5.04. The molecule has 1 heterocycles. The van der Waals surface area contributed by atoms with E-state index in [0.29, 0.717) is 23.1 Å². The first-order valence-corrected chi connectivity index (χ1v) is 9.31. The van der Waals surface area contributed by atoms with Gasteiger partial charge in [-0.05, 0) is 31.0 Å². The van der Waals surface area contributed by atoms with Crippen LogP contribution in [0.3, 0.4) is 0 Å². The molecule has 1 aromatic carbocycles. The maximum Gasteiger partial charge on any atom is 0.305 e. The zero-order valence-corrected chi connectivity index (χ0v) is 16.1. The van der Waals surface area contributed by atoms with Gasteiger partial charge >= 0.3 is 5.97 Å². The molecule has 0 saturated heterocycles. The smallest absolute Gasteiger partial charge is 0.305 e. The van der Waals surface area contributed by atoms with Crippen molar-refractivity contribution in [1.82, 2.24) is 15.1 Å². The van der Waals surface area contributed by atoms with E-state index in [4.69, 9.17) is 9.47 Å². The zero-order valence-electron chi connectivity index (χ0n) is 16.1. The monoisotopic (exact) mass is 387 g/mol. The number of aliphatic carboxylic acids is 1. The SMILES string of the molecule is COc1ccc(C(CC(=O)O)NC(=O)c2ccn(C3CCCC3)n2)c(OC)c1. The second kappa shape index (κ2) is 8.77. The molecule has 0 spiro atoms. The molecule has 0 aliphatic heterocycles. The van der Waals surface area contributed by atoms with Crippen molar-refractivity contribution in [1.29, 1.82) is 0 Å². The molecule has 1 unspecified atom stereocenters. The summed E-state index contributed by atoms with van der Waals surface area (Å²) in [6.07, 6.45) is 6.00. The van der Waals surface area contributed by atoms with E-state index < -0.39 is 17.9 Å². The molecule has 8 heteroatoms. The Balaban J connectivity index is 1.81. The molecule has 2 N–H and O–H groups in total. The molecule has 0 bridgehead atoms. The number of amides is 1. The highest BCUT2D eigenvalue weighted by Crippen LogP contribution is 2.32. The van der Waals surface area contributed by atoms with Crippen LogP contribution in [0.1, 0.15) is 60.2 Å². The summed E-state index contributed by atoms with van der Waals surface area (Å²) >= 11 is 0. The van der Waals surface area contributed by atoms with Gasteiger partial charge in [0.15, 0.2) is 0 Å². The van der Waals surface area contributed by atoms with E-state index >= 15 is 0 Å². The van der Waals surface area contributed by atoms with Crippen molar-refractivity contribution in [2.75, 3.05) is 14.2 Å². The standard InChI is InChI=1S/C20H25N3O5/c1-27-14-7-8-15(18(11-14)28-2)17(12-19(24)25)21-20(26)16-9-10-23(22-16)13-5-3-4-6-13/h7-11,13,17H,3-6,12H2,1-2H3,(H,21,26)(H,24,25). The van der Waals surface area contributed by atoms with E-state index in [1.165, 1.54) is 27.1 Å². The fourth-order valence-corrected chi connectivity index (χ4v) is 3.58. The molecule has 1 atom stereocenters. The van der Waals surface area contributed by atoms with Gasteiger partial charge in [0, 0.05) is 17.8 Å². The van der Waals surface area contributed by atoms with Gasteiger partial charge in [0.25, 0.3) is 5.91 Å². The van der Waals surface area contributed by atoms with E-state index in [1.807, 2.05) is 10.9 Å². The van der Waals surface area contributed by atoms with Crippen LogP contribution in [0.5, 0.6) is 11.5 Å². The number of aromatic nitrogens is 2. The maximum atomic E-state index is 12.7. The molecule has 28 heavy (non-hydrogen) atoms. The van der Waals surface area contributed by atoms with Crippen LogP contribution in [0.2, 0.25) is 0 Å². The van der Waals surface area contributed by atoms with Gasteiger partial charge in [-0.3, -0.25) is 14.3 Å². The Bertz CT molecular complexity index is 842. The highest BCUT2D eigenvalue weighted by molar-refractivity contribution is 5.92. The summed E-state index contributed by atoms with van der Waals surface area (Å²) in [6, 6.07) is 6.29. The predicted octanol–water partition coefficient (Wildman–Crippen LogP) is 2.96. The number of methoxy groups -OCH3 is 2. The number of carboxylic acids is 1. The molecule has 1 saturated carbocycles. The summed E-state index contributed by atoms with van der Waals surface area (Å²) < 4.78 is 12.4. The predicted molar refractivity (Wildman–Crippen MR) is 102 cm³/mol. The number of hydrogen-bond acceptors (Lipinski definition) is 5. The van der Waals surface area contributed by atoms with Crippen molar-refractivity contribution < 1.29 is 24.2 Å². The number of carbonyl (C=O) groups is 2. The Morgan fingerprint density at radius 1 is 1.25 bits per heavy atom. The first-order valence-electron chi connectivity index (χ1n) is 9.31. The van der Waals surface area contributed by atoms with Gasteiger partial charge in [-0.25, -0.2) is 0 Å². The lowest BCUT2D eigenvalue weighted by Crippen LogP contribution is -2.31. The lowest BCUT2D eigenvalue weighted by atomic mass is 10.0. The average Bonchev–Trinajstić information content (AvgIpc) is 3.37. The Morgan fingerprint density at radius 2 is 2.00 bits per heavy atom. The van der Waals surface area contributed by atoms with Gasteiger partial charge < -0.3 is 19.9 Å². The summed E-state index contributed by atoms with van der Waals surface area (Å²) in [6.45, 7) is 0. The van der Waals surface area contributed by atoms with Crippen molar-refractivity contribution in [2.24, 2.45) is 0 Å². The van der Waals surface area contributed by atoms with Crippen LogP contribution in [-0.4, -0.2) is 41.0 Å². The molecule has 8 nitrogen and oxygen atoms in total. The van der Waals surface area contributed by atoms with E-state index in [0.717, 1.165) is 12.8 Å². The minimum atomic E-state index is -1.03. The molecule has 1 amide bonds. The Hall–Kier alpha value is -3.03. The van der Waals surface area contributed by atoms with Crippen LogP contribution in [-0.2, 0) is 4.79 Å². The summed E-state index contributed by atoms with van der Waals surface area (Å²) in [7, 11) is 3.02. The van der Waals surface area contributed by atoms with E-state index in [9.17, 15) is 14.7 Å². The van der Waals surface area contributed by atoms with Crippen molar-refractivity contribution >= 4 is 11.9 Å². The topological polar surface area (TPSA) is 103 Å². The molecule has 1 aliphatic carbocycles. The van der Waals surface area contributed by atoms with Crippen LogP contribution in [0.15, 0.2) is 30.5 Å². The lowest BCUT2D eigenvalue weighted by molar-refractivity contribution is -0.137. The maximum absolute atomic E-state index is 12.7. The van der Waals surface area contributed by atoms with Crippen LogP contribution in [0.4, 0.5) is 0 Å². The van der Waals surface area contributed by atoms with Crippen molar-refractivity contribution in [3.8, 4) is 11.5 Å². The Morgan fingerprint density at radius 3 is 2.64 bits per heavy atom. The molecule has 1 aliphatic rings. The summed E-state index contributed by atoms with van der Waals surface area (Å²) in [5, 5.41) is 16.5. The van der Waals surface area contributed by atoms with Crippen LogP contribution < -0.4 is 14.8 Å². The molecular formula is C20H25N3O5. The number of nitrogens with one attached hydrogen (secondary N) is 1. The number of ether oxygens (including phenoxy) is 2. The highest BCUT2D eigenvalue weighted by Gasteiger charge is 2.24. The third kappa shape index (κ3) is 4.44. The van der Waals surface area contributed by atoms with Crippen molar-refractivity contribution in [2.45, 2.75) is 44.2 Å². The minimum Gasteiger partial charge on any atom is -0.497 e. The lowest BCUT2D eigenvalue weighted by Gasteiger charge is -2.20. The van der Waals surface area contributed by atoms with Crippen molar-refractivity contribution in [3.63, 3.8) is 0 Å². The minimum absolute atomic E-state index is 0.273. The molecule has 150 valence electrons. The molecular weight excluding hydrogens is 362 g/mol. The fraction of sp³-hybridized carbons (Fsp3) is 0.450. The quantitative estimate of drug-likeness (QED) is 0.722. The van der Waals surface area contributed by atoms with Crippen LogP contribution in [0.25, 0.3) is 0 Å².